The van der Waals surface area contributed by atoms with Crippen LogP contribution in [0.1, 0.15) is 19.8 Å². The van der Waals surface area contributed by atoms with Crippen molar-refractivity contribution in [3.05, 3.63) is 0 Å². The number of alkyl halides is 2. The van der Waals surface area contributed by atoms with E-state index in [9.17, 15) is 8.78 Å². The Labute approximate surface area is 71.5 Å². The van der Waals surface area contributed by atoms with Crippen molar-refractivity contribution in [3.63, 3.8) is 0 Å². The van der Waals surface area contributed by atoms with Crippen LogP contribution >= 0.6 is 0 Å². The van der Waals surface area contributed by atoms with E-state index >= 15 is 0 Å². The first-order chi connectivity index (χ1) is 5.58. The lowest BCUT2D eigenvalue weighted by Crippen LogP contribution is -2.60. The molecule has 2 nitrogen and oxygen atoms in total. The number of nitrogens with two attached hydrogens (primary N) is 1. The van der Waals surface area contributed by atoms with Gasteiger partial charge in [-0.25, -0.2) is 8.78 Å². The van der Waals surface area contributed by atoms with Crippen molar-refractivity contribution in [3.8, 4) is 0 Å². The Bertz CT molecular complexity index is 144. The third-order valence-corrected chi connectivity index (χ3v) is 2.50. The molecule has 1 rings (SSSR count). The van der Waals surface area contributed by atoms with E-state index < -0.39 is 6.43 Å². The van der Waals surface area contributed by atoms with Crippen molar-refractivity contribution in [1.29, 1.82) is 0 Å². The summed E-state index contributed by atoms with van der Waals surface area (Å²) in [6.45, 7) is 2.34. The molecule has 0 heterocycles. The quantitative estimate of drug-likeness (QED) is 0.673. The van der Waals surface area contributed by atoms with E-state index in [1.54, 1.807) is 0 Å². The van der Waals surface area contributed by atoms with Crippen LogP contribution in [0, 0.1) is 5.92 Å². The lowest BCUT2D eigenvalue weighted by molar-refractivity contribution is 0.0798. The van der Waals surface area contributed by atoms with Crippen LogP contribution in [0.3, 0.4) is 0 Å². The molecule has 0 aromatic rings. The predicted octanol–water partition coefficient (Wildman–Crippen LogP) is 0.969. The van der Waals surface area contributed by atoms with Crippen LogP contribution in [0.4, 0.5) is 8.78 Å². The summed E-state index contributed by atoms with van der Waals surface area (Å²) in [6.07, 6.45) is -0.420. The fourth-order valence-electron chi connectivity index (χ4n) is 1.95. The van der Waals surface area contributed by atoms with Gasteiger partial charge in [0.15, 0.2) is 0 Å². The molecule has 0 amide bonds. The van der Waals surface area contributed by atoms with Crippen molar-refractivity contribution in [2.24, 2.45) is 11.7 Å². The number of halogens is 2. The maximum absolute atomic E-state index is 11.9. The van der Waals surface area contributed by atoms with E-state index in [-0.39, 0.29) is 12.1 Å². The van der Waals surface area contributed by atoms with E-state index in [0.29, 0.717) is 12.5 Å². The minimum absolute atomic E-state index is 0.185. The Hall–Kier alpha value is -0.220. The molecule has 1 fully saturated rings. The third-order valence-electron chi connectivity index (χ3n) is 2.50. The van der Waals surface area contributed by atoms with Crippen LogP contribution in [-0.4, -0.2) is 25.1 Å². The predicted molar refractivity (Wildman–Crippen MR) is 44.2 cm³/mol. The zero-order valence-corrected chi connectivity index (χ0v) is 7.32. The van der Waals surface area contributed by atoms with Gasteiger partial charge in [-0.2, -0.15) is 0 Å². The molecule has 0 aliphatic heterocycles. The molecule has 0 atom stereocenters. The molecule has 72 valence electrons. The van der Waals surface area contributed by atoms with Crippen LogP contribution < -0.4 is 11.1 Å². The summed E-state index contributed by atoms with van der Waals surface area (Å²) in [5.74, 6) is 0.624. The van der Waals surface area contributed by atoms with Gasteiger partial charge in [0.2, 0.25) is 0 Å². The van der Waals surface area contributed by atoms with Gasteiger partial charge in [0.1, 0.15) is 0 Å². The van der Waals surface area contributed by atoms with Crippen molar-refractivity contribution in [1.82, 2.24) is 5.32 Å². The molecule has 4 heteroatoms. The van der Waals surface area contributed by atoms with Gasteiger partial charge in [0.05, 0.1) is 6.54 Å². The van der Waals surface area contributed by atoms with E-state index in [4.69, 9.17) is 5.73 Å². The Morgan fingerprint density at radius 3 is 2.50 bits per heavy atom. The standard InChI is InChI=1S/C8H16F2N2/c1-6-2-8(3-6,5-11)12-4-7(9)10/h6-7,12H,2-5,11H2,1H3. The number of rotatable bonds is 4. The monoisotopic (exact) mass is 178 g/mol. The van der Waals surface area contributed by atoms with Crippen molar-refractivity contribution < 1.29 is 8.78 Å². The molecule has 0 aromatic carbocycles. The number of hydrogen-bond donors (Lipinski definition) is 2. The van der Waals surface area contributed by atoms with Gasteiger partial charge in [-0.1, -0.05) is 6.92 Å². The normalized spacial score (nSPS) is 35.2. The van der Waals surface area contributed by atoms with Crippen molar-refractivity contribution in [2.45, 2.75) is 31.7 Å². The maximum Gasteiger partial charge on any atom is 0.250 e. The first kappa shape index (κ1) is 9.86. The zero-order chi connectivity index (χ0) is 9.19. The molecule has 12 heavy (non-hydrogen) atoms. The van der Waals surface area contributed by atoms with Crippen LogP contribution in [-0.2, 0) is 0 Å². The van der Waals surface area contributed by atoms with Crippen LogP contribution in [0.5, 0.6) is 0 Å². The summed E-state index contributed by atoms with van der Waals surface area (Å²) in [5, 5.41) is 2.84. The van der Waals surface area contributed by atoms with E-state index in [1.807, 2.05) is 0 Å². The fourth-order valence-corrected chi connectivity index (χ4v) is 1.95. The van der Waals surface area contributed by atoms with Gasteiger partial charge in [-0.3, -0.25) is 0 Å². The molecule has 1 aliphatic carbocycles. The van der Waals surface area contributed by atoms with Crippen LogP contribution in [0.15, 0.2) is 0 Å². The molecule has 0 radical (unpaired) electrons. The lowest BCUT2D eigenvalue weighted by atomic mass is 9.69. The van der Waals surface area contributed by atoms with Gasteiger partial charge in [-0.05, 0) is 18.8 Å². The van der Waals surface area contributed by atoms with Crippen molar-refractivity contribution >= 4 is 0 Å². The molecule has 0 spiro atoms. The van der Waals surface area contributed by atoms with E-state index in [2.05, 4.69) is 12.2 Å². The largest absolute Gasteiger partial charge is 0.329 e. The average Bonchev–Trinajstić information content (AvgIpc) is 1.95. The van der Waals surface area contributed by atoms with Gasteiger partial charge in [0, 0.05) is 12.1 Å². The minimum atomic E-state index is -2.27. The van der Waals surface area contributed by atoms with Gasteiger partial charge in [-0.15, -0.1) is 0 Å². The molecule has 1 aliphatic rings. The third kappa shape index (κ3) is 2.14. The summed E-state index contributed by atoms with van der Waals surface area (Å²) >= 11 is 0. The Kier molecular flexibility index (Phi) is 3.01. The van der Waals surface area contributed by atoms with Crippen molar-refractivity contribution in [2.75, 3.05) is 13.1 Å². The Balaban J connectivity index is 2.27. The summed E-state index contributed by atoms with van der Waals surface area (Å²) in [4.78, 5) is 0. The Morgan fingerprint density at radius 1 is 1.58 bits per heavy atom. The minimum Gasteiger partial charge on any atom is -0.329 e. The summed E-state index contributed by atoms with van der Waals surface area (Å²) in [7, 11) is 0. The molecule has 0 saturated heterocycles. The summed E-state index contributed by atoms with van der Waals surface area (Å²) in [6, 6.07) is 0. The topological polar surface area (TPSA) is 38.0 Å². The highest BCUT2D eigenvalue weighted by atomic mass is 19.3. The second-order valence-corrected chi connectivity index (χ2v) is 3.77. The highest BCUT2D eigenvalue weighted by molar-refractivity contribution is 5.00. The summed E-state index contributed by atoms with van der Waals surface area (Å²) < 4.78 is 23.7. The van der Waals surface area contributed by atoms with Gasteiger partial charge < -0.3 is 11.1 Å². The maximum atomic E-state index is 11.9. The fraction of sp³-hybridized carbons (Fsp3) is 1.00. The first-order valence-corrected chi connectivity index (χ1v) is 4.31. The SMILES string of the molecule is CC1CC(CN)(NCC(F)F)C1. The Morgan fingerprint density at radius 2 is 2.17 bits per heavy atom. The molecule has 0 unspecified atom stereocenters. The number of hydrogen-bond acceptors (Lipinski definition) is 2. The molecule has 1 saturated carbocycles. The van der Waals surface area contributed by atoms with E-state index in [0.717, 1.165) is 12.8 Å². The summed E-state index contributed by atoms with van der Waals surface area (Å²) in [5.41, 5.74) is 5.33. The number of nitrogens with one attached hydrogen (secondary N) is 1. The average molecular weight is 178 g/mol. The molecule has 0 bridgehead atoms. The molecule has 3 N–H and O–H groups in total. The second-order valence-electron chi connectivity index (χ2n) is 3.77. The zero-order valence-electron chi connectivity index (χ0n) is 7.32. The lowest BCUT2D eigenvalue weighted by Gasteiger charge is -2.46. The van der Waals surface area contributed by atoms with Gasteiger partial charge >= 0.3 is 0 Å². The van der Waals surface area contributed by atoms with E-state index in [1.165, 1.54) is 0 Å². The molecular weight excluding hydrogens is 162 g/mol. The van der Waals surface area contributed by atoms with Crippen LogP contribution in [0.2, 0.25) is 0 Å². The molecular formula is C8H16F2N2. The van der Waals surface area contributed by atoms with Crippen LogP contribution in [0.25, 0.3) is 0 Å². The second kappa shape index (κ2) is 3.66. The first-order valence-electron chi connectivity index (χ1n) is 4.31. The highest BCUT2D eigenvalue weighted by Gasteiger charge is 2.40. The highest BCUT2D eigenvalue weighted by Crippen LogP contribution is 2.36. The van der Waals surface area contributed by atoms with Gasteiger partial charge in [0.25, 0.3) is 6.43 Å². The smallest absolute Gasteiger partial charge is 0.250 e. The molecule has 0 aromatic heterocycles.